The van der Waals surface area contributed by atoms with Crippen molar-refractivity contribution in [1.29, 1.82) is 0 Å². The van der Waals surface area contributed by atoms with Crippen LogP contribution < -0.4 is 5.32 Å². The summed E-state index contributed by atoms with van der Waals surface area (Å²) < 4.78 is 15.1. The molecule has 0 amide bonds. The van der Waals surface area contributed by atoms with Crippen molar-refractivity contribution < 1.29 is 4.39 Å². The summed E-state index contributed by atoms with van der Waals surface area (Å²) in [6.45, 7) is 5.76. The zero-order valence-electron chi connectivity index (χ0n) is 11.4. The van der Waals surface area contributed by atoms with Crippen molar-refractivity contribution in [2.75, 3.05) is 6.54 Å². The van der Waals surface area contributed by atoms with E-state index in [9.17, 15) is 4.39 Å². The zero-order valence-corrected chi connectivity index (χ0v) is 11.4. The summed E-state index contributed by atoms with van der Waals surface area (Å²) in [6.07, 6.45) is 4.80. The molecule has 19 heavy (non-hydrogen) atoms. The van der Waals surface area contributed by atoms with Crippen LogP contribution in [0, 0.1) is 12.7 Å². The third kappa shape index (κ3) is 3.89. The highest BCUT2D eigenvalue weighted by molar-refractivity contribution is 5.20. The molecule has 2 aromatic rings. The predicted molar refractivity (Wildman–Crippen MR) is 74.4 cm³/mol. The first-order chi connectivity index (χ1) is 9.19. The first kappa shape index (κ1) is 13.7. The van der Waals surface area contributed by atoms with E-state index in [2.05, 4.69) is 17.3 Å². The molecule has 0 bridgehead atoms. The van der Waals surface area contributed by atoms with Gasteiger partial charge in [0.2, 0.25) is 0 Å². The fourth-order valence-corrected chi connectivity index (χ4v) is 2.16. The lowest BCUT2D eigenvalue weighted by atomic mass is 10.0. The summed E-state index contributed by atoms with van der Waals surface area (Å²) >= 11 is 0. The van der Waals surface area contributed by atoms with Crippen molar-refractivity contribution >= 4 is 0 Å². The van der Waals surface area contributed by atoms with Crippen LogP contribution in [0.2, 0.25) is 0 Å². The topological polar surface area (TPSA) is 29.9 Å². The summed E-state index contributed by atoms with van der Waals surface area (Å²) in [5, 5.41) is 7.69. The number of hydrogen-bond acceptors (Lipinski definition) is 2. The number of halogens is 1. The molecule has 0 aliphatic heterocycles. The van der Waals surface area contributed by atoms with Crippen LogP contribution in [0.3, 0.4) is 0 Å². The summed E-state index contributed by atoms with van der Waals surface area (Å²) in [5.41, 5.74) is 2.16. The van der Waals surface area contributed by atoms with Gasteiger partial charge in [-0.2, -0.15) is 5.10 Å². The third-order valence-electron chi connectivity index (χ3n) is 3.15. The lowest BCUT2D eigenvalue weighted by Gasteiger charge is -2.17. The van der Waals surface area contributed by atoms with E-state index in [4.69, 9.17) is 0 Å². The second kappa shape index (κ2) is 6.48. The van der Waals surface area contributed by atoms with E-state index in [1.807, 2.05) is 30.1 Å². The van der Waals surface area contributed by atoms with E-state index in [1.165, 1.54) is 6.07 Å². The van der Waals surface area contributed by atoms with Gasteiger partial charge in [-0.15, -0.1) is 0 Å². The van der Waals surface area contributed by atoms with Gasteiger partial charge >= 0.3 is 0 Å². The number of nitrogens with zero attached hydrogens (tertiary/aromatic N) is 2. The van der Waals surface area contributed by atoms with Crippen molar-refractivity contribution in [2.45, 2.75) is 32.9 Å². The molecule has 3 nitrogen and oxygen atoms in total. The summed E-state index contributed by atoms with van der Waals surface area (Å²) in [7, 11) is 0. The molecule has 1 atom stereocenters. The van der Waals surface area contributed by atoms with Crippen molar-refractivity contribution in [3.8, 4) is 0 Å². The number of rotatable bonds is 6. The van der Waals surface area contributed by atoms with E-state index in [1.54, 1.807) is 12.1 Å². The molecule has 0 radical (unpaired) electrons. The van der Waals surface area contributed by atoms with Crippen LogP contribution in [0.15, 0.2) is 36.7 Å². The fourth-order valence-electron chi connectivity index (χ4n) is 2.16. The molecule has 2 rings (SSSR count). The fraction of sp³-hybridized carbons (Fsp3) is 0.400. The Morgan fingerprint density at radius 3 is 2.89 bits per heavy atom. The number of hydrogen-bond donors (Lipinski definition) is 1. The van der Waals surface area contributed by atoms with E-state index in [0.717, 1.165) is 30.6 Å². The molecule has 1 aromatic heterocycles. The molecule has 1 aromatic carbocycles. The molecule has 0 saturated heterocycles. The summed E-state index contributed by atoms with van der Waals surface area (Å²) in [4.78, 5) is 0. The Kier molecular flexibility index (Phi) is 4.68. The monoisotopic (exact) mass is 261 g/mol. The Labute approximate surface area is 113 Å². The van der Waals surface area contributed by atoms with Gasteiger partial charge in [0.05, 0.1) is 12.7 Å². The molecule has 1 heterocycles. The first-order valence-corrected chi connectivity index (χ1v) is 6.67. The average molecular weight is 261 g/mol. The first-order valence-electron chi connectivity index (χ1n) is 6.67. The average Bonchev–Trinajstić information content (AvgIpc) is 2.80. The van der Waals surface area contributed by atoms with Crippen molar-refractivity contribution in [1.82, 2.24) is 15.1 Å². The molecule has 0 saturated carbocycles. The molecule has 1 unspecified atom stereocenters. The van der Waals surface area contributed by atoms with E-state index >= 15 is 0 Å². The van der Waals surface area contributed by atoms with E-state index in [-0.39, 0.29) is 11.9 Å². The smallest absolute Gasteiger partial charge is 0.123 e. The number of aromatic nitrogens is 2. The molecule has 102 valence electrons. The maximum Gasteiger partial charge on any atom is 0.123 e. The molecule has 1 N–H and O–H groups in total. The van der Waals surface area contributed by atoms with Crippen LogP contribution in [0.5, 0.6) is 0 Å². The quantitative estimate of drug-likeness (QED) is 0.866. The third-order valence-corrected chi connectivity index (χ3v) is 3.15. The Morgan fingerprint density at radius 2 is 2.26 bits per heavy atom. The standard InChI is InChI=1S/C15H20FN3/c1-3-15(13-5-4-6-14(16)9-13)17-7-8-19-11-12(2)10-18-19/h4-6,9-11,15,17H,3,7-8H2,1-2H3. The van der Waals surface area contributed by atoms with Gasteiger partial charge < -0.3 is 5.32 Å². The Balaban J connectivity index is 1.89. The van der Waals surface area contributed by atoms with Gasteiger partial charge in [0.15, 0.2) is 0 Å². The van der Waals surface area contributed by atoms with Crippen LogP contribution in [-0.4, -0.2) is 16.3 Å². The van der Waals surface area contributed by atoms with Gasteiger partial charge in [-0.3, -0.25) is 4.68 Å². The maximum absolute atomic E-state index is 13.2. The molecule has 4 heteroatoms. The van der Waals surface area contributed by atoms with Gasteiger partial charge in [-0.1, -0.05) is 19.1 Å². The Bertz CT molecular complexity index is 522. The zero-order chi connectivity index (χ0) is 13.7. The van der Waals surface area contributed by atoms with Crippen LogP contribution in [0.25, 0.3) is 0 Å². The van der Waals surface area contributed by atoms with Gasteiger partial charge in [0.25, 0.3) is 0 Å². The Morgan fingerprint density at radius 1 is 1.42 bits per heavy atom. The van der Waals surface area contributed by atoms with E-state index < -0.39 is 0 Å². The van der Waals surface area contributed by atoms with Gasteiger partial charge in [-0.05, 0) is 36.6 Å². The van der Waals surface area contributed by atoms with Gasteiger partial charge in [0.1, 0.15) is 5.82 Å². The normalized spacial score (nSPS) is 12.6. The molecule has 0 fully saturated rings. The molecular formula is C15H20FN3. The summed E-state index contributed by atoms with van der Waals surface area (Å²) in [5.74, 6) is -0.180. The summed E-state index contributed by atoms with van der Waals surface area (Å²) in [6, 6.07) is 6.98. The van der Waals surface area contributed by atoms with Gasteiger partial charge in [-0.25, -0.2) is 4.39 Å². The largest absolute Gasteiger partial charge is 0.308 e. The molecule has 0 aliphatic carbocycles. The van der Waals surface area contributed by atoms with Crippen molar-refractivity contribution in [3.63, 3.8) is 0 Å². The second-order valence-corrected chi connectivity index (χ2v) is 4.75. The Hall–Kier alpha value is -1.68. The van der Waals surface area contributed by atoms with Gasteiger partial charge in [0, 0.05) is 18.8 Å². The second-order valence-electron chi connectivity index (χ2n) is 4.75. The lowest BCUT2D eigenvalue weighted by molar-refractivity contribution is 0.474. The number of aryl methyl sites for hydroxylation is 1. The highest BCUT2D eigenvalue weighted by Gasteiger charge is 2.08. The van der Waals surface area contributed by atoms with Crippen LogP contribution in [0.1, 0.15) is 30.5 Å². The minimum absolute atomic E-state index is 0.180. The lowest BCUT2D eigenvalue weighted by Crippen LogP contribution is -2.25. The minimum Gasteiger partial charge on any atom is -0.308 e. The van der Waals surface area contributed by atoms with Crippen molar-refractivity contribution in [3.05, 3.63) is 53.6 Å². The number of benzene rings is 1. The van der Waals surface area contributed by atoms with Crippen LogP contribution in [0.4, 0.5) is 4.39 Å². The number of nitrogens with one attached hydrogen (secondary N) is 1. The van der Waals surface area contributed by atoms with Crippen molar-refractivity contribution in [2.24, 2.45) is 0 Å². The molecule has 0 aliphatic rings. The molecule has 0 spiro atoms. The highest BCUT2D eigenvalue weighted by atomic mass is 19.1. The SMILES string of the molecule is CCC(NCCn1cc(C)cn1)c1cccc(F)c1. The minimum atomic E-state index is -0.180. The molecular weight excluding hydrogens is 241 g/mol. The highest BCUT2D eigenvalue weighted by Crippen LogP contribution is 2.17. The van der Waals surface area contributed by atoms with Crippen LogP contribution >= 0.6 is 0 Å². The predicted octanol–water partition coefficient (Wildman–Crippen LogP) is 3.07. The maximum atomic E-state index is 13.2. The van der Waals surface area contributed by atoms with Crippen LogP contribution in [-0.2, 0) is 6.54 Å². The van der Waals surface area contributed by atoms with E-state index in [0.29, 0.717) is 0 Å².